The summed E-state index contributed by atoms with van der Waals surface area (Å²) < 4.78 is 0. The van der Waals surface area contributed by atoms with E-state index in [9.17, 15) is 4.79 Å². The first-order chi connectivity index (χ1) is 4.63. The summed E-state index contributed by atoms with van der Waals surface area (Å²) in [6, 6.07) is -0.984. The van der Waals surface area contributed by atoms with Crippen molar-refractivity contribution in [3.63, 3.8) is 0 Å². The topological polar surface area (TPSA) is 110 Å². The molecule has 5 nitrogen and oxygen atoms in total. The van der Waals surface area contributed by atoms with Gasteiger partial charge in [0.1, 0.15) is 12.4 Å². The predicted molar refractivity (Wildman–Crippen MR) is 35.1 cm³/mol. The van der Waals surface area contributed by atoms with Crippen LogP contribution in [0.5, 0.6) is 0 Å². The third kappa shape index (κ3) is 2.40. The quantitative estimate of drug-likeness (QED) is 0.322. The van der Waals surface area contributed by atoms with E-state index in [-0.39, 0.29) is 12.8 Å². The minimum Gasteiger partial charge on any atom is -0.390 e. The van der Waals surface area contributed by atoms with Crippen LogP contribution in [-0.4, -0.2) is 41.3 Å². The Kier molecular flexibility index (Phi) is 4.13. The molecule has 3 atom stereocenters. The number of hydrogen-bond acceptors (Lipinski definition) is 5. The van der Waals surface area contributed by atoms with Crippen molar-refractivity contribution < 1.29 is 15.0 Å². The maximum absolute atomic E-state index is 9.88. The average molecular weight is 148 g/mol. The molecule has 0 saturated carbocycles. The summed E-state index contributed by atoms with van der Waals surface area (Å²) >= 11 is 0. The Balaban J connectivity index is 3.80. The summed E-state index contributed by atoms with van der Waals surface area (Å²) in [4.78, 5) is 9.88. The van der Waals surface area contributed by atoms with Crippen molar-refractivity contribution in [2.45, 2.75) is 18.2 Å². The van der Waals surface area contributed by atoms with E-state index in [1.807, 2.05) is 0 Å². The van der Waals surface area contributed by atoms with E-state index >= 15 is 0 Å². The number of aliphatic hydroxyl groups is 2. The van der Waals surface area contributed by atoms with Gasteiger partial charge in [0.2, 0.25) is 0 Å². The van der Waals surface area contributed by atoms with Crippen molar-refractivity contribution in [3.05, 3.63) is 0 Å². The van der Waals surface area contributed by atoms with Crippen LogP contribution in [0.4, 0.5) is 0 Å². The Hall–Kier alpha value is -0.490. The lowest BCUT2D eigenvalue weighted by Crippen LogP contribution is -2.48. The minimum atomic E-state index is -1.33. The van der Waals surface area contributed by atoms with Crippen molar-refractivity contribution in [1.29, 1.82) is 0 Å². The molecule has 0 heterocycles. The van der Waals surface area contributed by atoms with Gasteiger partial charge in [-0.1, -0.05) is 0 Å². The molecule has 0 aromatic carbocycles. The Morgan fingerprint density at radius 1 is 1.50 bits per heavy atom. The van der Waals surface area contributed by atoms with Crippen LogP contribution in [0.25, 0.3) is 0 Å². The van der Waals surface area contributed by atoms with Gasteiger partial charge in [-0.25, -0.2) is 0 Å². The van der Waals surface area contributed by atoms with Crippen molar-refractivity contribution in [3.8, 4) is 0 Å². The third-order valence-electron chi connectivity index (χ3n) is 1.22. The fourth-order valence-corrected chi connectivity index (χ4v) is 0.475. The highest BCUT2D eigenvalue weighted by molar-refractivity contribution is 5.57. The standard InChI is InChI=1S/C5H12N2O3/c6-1-3(9)5(7)4(10)2-8/h2-5,9-10H,1,6-7H2/t3-,4+,5-/m1/s1. The minimum absolute atomic E-state index is 0.0634. The number of carbonyl (C=O) groups is 1. The lowest BCUT2D eigenvalue weighted by atomic mass is 10.1. The SMILES string of the molecule is NC[C@@H](O)[C@@H](N)[C@@H](O)C=O. The number of nitrogens with two attached hydrogens (primary N) is 2. The Morgan fingerprint density at radius 2 is 2.00 bits per heavy atom. The largest absolute Gasteiger partial charge is 0.390 e. The second-order valence-electron chi connectivity index (χ2n) is 2.01. The highest BCUT2D eigenvalue weighted by atomic mass is 16.3. The molecule has 60 valence electrons. The van der Waals surface area contributed by atoms with Crippen LogP contribution in [0, 0.1) is 0 Å². The number of carbonyl (C=O) groups excluding carboxylic acids is 1. The molecule has 0 radical (unpaired) electrons. The monoisotopic (exact) mass is 148 g/mol. The molecule has 0 aromatic heterocycles. The summed E-state index contributed by atoms with van der Waals surface area (Å²) in [5.74, 6) is 0. The van der Waals surface area contributed by atoms with Gasteiger partial charge in [0.05, 0.1) is 12.1 Å². The van der Waals surface area contributed by atoms with Gasteiger partial charge >= 0.3 is 0 Å². The van der Waals surface area contributed by atoms with E-state index in [2.05, 4.69) is 0 Å². The van der Waals surface area contributed by atoms with Gasteiger partial charge in [-0.15, -0.1) is 0 Å². The first-order valence-corrected chi connectivity index (χ1v) is 2.90. The number of hydrogen-bond donors (Lipinski definition) is 4. The lowest BCUT2D eigenvalue weighted by molar-refractivity contribution is -0.117. The maximum atomic E-state index is 9.88. The van der Waals surface area contributed by atoms with Crippen LogP contribution >= 0.6 is 0 Å². The molecule has 0 aliphatic rings. The predicted octanol–water partition coefficient (Wildman–Crippen LogP) is -2.81. The fourth-order valence-electron chi connectivity index (χ4n) is 0.475. The molecule has 0 fully saturated rings. The summed E-state index contributed by atoms with van der Waals surface area (Å²) in [5.41, 5.74) is 10.2. The lowest BCUT2D eigenvalue weighted by Gasteiger charge is -2.18. The Labute approximate surface area is 58.6 Å². The molecule has 0 bridgehead atoms. The first-order valence-electron chi connectivity index (χ1n) is 2.90. The van der Waals surface area contributed by atoms with Crippen molar-refractivity contribution in [2.75, 3.05) is 6.54 Å². The van der Waals surface area contributed by atoms with Gasteiger partial charge in [-0.3, -0.25) is 0 Å². The van der Waals surface area contributed by atoms with Crippen LogP contribution in [0.1, 0.15) is 0 Å². The molecule has 0 aliphatic heterocycles. The zero-order valence-corrected chi connectivity index (χ0v) is 5.47. The van der Waals surface area contributed by atoms with E-state index in [0.717, 1.165) is 0 Å². The average Bonchev–Trinajstić information content (AvgIpc) is 2.00. The summed E-state index contributed by atoms with van der Waals surface area (Å²) in [5, 5.41) is 17.6. The molecule has 0 unspecified atom stereocenters. The van der Waals surface area contributed by atoms with Gasteiger partial charge in [0, 0.05) is 6.54 Å². The Bertz CT molecular complexity index is 109. The van der Waals surface area contributed by atoms with Gasteiger partial charge in [0.25, 0.3) is 0 Å². The van der Waals surface area contributed by atoms with Gasteiger partial charge in [-0.2, -0.15) is 0 Å². The Morgan fingerprint density at radius 3 is 2.30 bits per heavy atom. The highest BCUT2D eigenvalue weighted by Crippen LogP contribution is 1.92. The van der Waals surface area contributed by atoms with E-state index in [1.54, 1.807) is 0 Å². The molecular weight excluding hydrogens is 136 g/mol. The van der Waals surface area contributed by atoms with Crippen molar-refractivity contribution in [1.82, 2.24) is 0 Å². The second kappa shape index (κ2) is 4.35. The number of rotatable bonds is 4. The normalized spacial score (nSPS) is 19.6. The summed E-state index contributed by atoms with van der Waals surface area (Å²) in [6.07, 6.45) is -2.09. The molecule has 6 N–H and O–H groups in total. The van der Waals surface area contributed by atoms with Gasteiger partial charge in [-0.05, 0) is 0 Å². The molecule has 10 heavy (non-hydrogen) atoms. The molecule has 0 aliphatic carbocycles. The fraction of sp³-hybridized carbons (Fsp3) is 0.800. The van der Waals surface area contributed by atoms with Crippen LogP contribution in [-0.2, 0) is 4.79 Å². The van der Waals surface area contributed by atoms with Crippen LogP contribution in [0.15, 0.2) is 0 Å². The second-order valence-corrected chi connectivity index (χ2v) is 2.01. The van der Waals surface area contributed by atoms with Gasteiger partial charge in [0.15, 0.2) is 0 Å². The van der Waals surface area contributed by atoms with E-state index in [4.69, 9.17) is 21.7 Å². The van der Waals surface area contributed by atoms with Crippen LogP contribution < -0.4 is 11.5 Å². The third-order valence-corrected chi connectivity index (χ3v) is 1.22. The van der Waals surface area contributed by atoms with Crippen molar-refractivity contribution in [2.24, 2.45) is 11.5 Å². The smallest absolute Gasteiger partial charge is 0.150 e. The molecule has 0 saturated heterocycles. The van der Waals surface area contributed by atoms with E-state index < -0.39 is 18.2 Å². The number of aldehydes is 1. The molecule has 0 rings (SSSR count). The maximum Gasteiger partial charge on any atom is 0.150 e. The van der Waals surface area contributed by atoms with Crippen LogP contribution in [0.2, 0.25) is 0 Å². The molecule has 0 amide bonds. The number of aliphatic hydroxyl groups excluding tert-OH is 2. The highest BCUT2D eigenvalue weighted by Gasteiger charge is 2.20. The van der Waals surface area contributed by atoms with Gasteiger partial charge < -0.3 is 26.5 Å². The molecule has 0 aromatic rings. The molecular formula is C5H12N2O3. The van der Waals surface area contributed by atoms with E-state index in [1.165, 1.54) is 0 Å². The zero-order chi connectivity index (χ0) is 8.15. The van der Waals surface area contributed by atoms with E-state index in [0.29, 0.717) is 0 Å². The van der Waals surface area contributed by atoms with Crippen molar-refractivity contribution >= 4 is 6.29 Å². The first kappa shape index (κ1) is 9.51. The summed E-state index contributed by atoms with van der Waals surface area (Å²) in [6.45, 7) is -0.0634. The molecule has 0 spiro atoms. The zero-order valence-electron chi connectivity index (χ0n) is 5.47. The molecule has 5 heteroatoms. The summed E-state index contributed by atoms with van der Waals surface area (Å²) in [7, 11) is 0. The van der Waals surface area contributed by atoms with Crippen LogP contribution in [0.3, 0.4) is 0 Å².